The fourth-order valence-electron chi connectivity index (χ4n) is 2.77. The molecule has 9 heteroatoms. The van der Waals surface area contributed by atoms with Crippen LogP contribution in [0.25, 0.3) is 32.0 Å². The molecular formula is C20H13F4N3S2. The Kier molecular flexibility index (Phi) is 5.26. The summed E-state index contributed by atoms with van der Waals surface area (Å²) in [7, 11) is 0. The molecule has 148 valence electrons. The van der Waals surface area contributed by atoms with Gasteiger partial charge in [-0.25, -0.2) is 14.4 Å². The Labute approximate surface area is 171 Å². The Bertz CT molecular complexity index is 1170. The Morgan fingerprint density at radius 3 is 2.66 bits per heavy atom. The molecule has 3 heterocycles. The minimum atomic E-state index is -4.29. The Morgan fingerprint density at radius 1 is 1.10 bits per heavy atom. The van der Waals surface area contributed by atoms with Gasteiger partial charge in [0.15, 0.2) is 5.65 Å². The van der Waals surface area contributed by atoms with E-state index in [4.69, 9.17) is 0 Å². The molecule has 0 atom stereocenters. The lowest BCUT2D eigenvalue weighted by Gasteiger charge is -2.11. The summed E-state index contributed by atoms with van der Waals surface area (Å²) in [6.07, 6.45) is 0.558. The van der Waals surface area contributed by atoms with Gasteiger partial charge in [0.2, 0.25) is 0 Å². The van der Waals surface area contributed by atoms with E-state index in [1.165, 1.54) is 29.7 Å². The van der Waals surface area contributed by atoms with Gasteiger partial charge in [-0.2, -0.15) is 13.2 Å². The van der Waals surface area contributed by atoms with Crippen molar-refractivity contribution < 1.29 is 17.6 Å². The van der Waals surface area contributed by atoms with Gasteiger partial charge in [-0.05, 0) is 42.8 Å². The van der Waals surface area contributed by atoms with Crippen LogP contribution in [0, 0.1) is 12.7 Å². The number of alkyl halides is 3. The standard InChI is InChI=1S/C20H13F4N3S2/c1-11-5-15(21)14(7-16(11)28-10-20(22,23)24)13-6-17-18(26-9-13)27-19(29-17)12-3-2-4-25-8-12/h2-9H,10H2,1H3. The number of pyridine rings is 2. The molecule has 0 unspecified atom stereocenters. The first-order chi connectivity index (χ1) is 13.8. The fourth-order valence-corrected chi connectivity index (χ4v) is 4.53. The van der Waals surface area contributed by atoms with Gasteiger partial charge in [-0.3, -0.25) is 4.98 Å². The molecule has 0 saturated heterocycles. The average molecular weight is 435 g/mol. The SMILES string of the molecule is Cc1cc(F)c(-c2cnc3nc(-c4cccnc4)sc3c2)cc1SCC(F)(F)F. The van der Waals surface area contributed by atoms with E-state index in [-0.39, 0.29) is 5.56 Å². The van der Waals surface area contributed by atoms with Crippen molar-refractivity contribution in [3.05, 3.63) is 60.3 Å². The lowest BCUT2D eigenvalue weighted by atomic mass is 10.1. The molecule has 0 aliphatic carbocycles. The van der Waals surface area contributed by atoms with Crippen molar-refractivity contribution in [1.29, 1.82) is 0 Å². The van der Waals surface area contributed by atoms with Crippen LogP contribution in [0.2, 0.25) is 0 Å². The third-order valence-electron chi connectivity index (χ3n) is 4.12. The predicted octanol–water partition coefficient (Wildman–Crippen LogP) is 6.52. The monoisotopic (exact) mass is 435 g/mol. The van der Waals surface area contributed by atoms with Gasteiger partial charge in [-0.1, -0.05) is 0 Å². The number of aryl methyl sites for hydroxylation is 1. The predicted molar refractivity (Wildman–Crippen MR) is 108 cm³/mol. The number of hydrogen-bond donors (Lipinski definition) is 0. The highest BCUT2D eigenvalue weighted by Crippen LogP contribution is 2.36. The number of rotatable bonds is 4. The maximum atomic E-state index is 14.6. The zero-order valence-electron chi connectivity index (χ0n) is 15.0. The van der Waals surface area contributed by atoms with Crippen molar-refractivity contribution in [3.8, 4) is 21.7 Å². The minimum absolute atomic E-state index is 0.214. The summed E-state index contributed by atoms with van der Waals surface area (Å²) < 4.78 is 53.1. The molecule has 0 aliphatic rings. The van der Waals surface area contributed by atoms with Crippen LogP contribution in [0.3, 0.4) is 0 Å². The molecule has 0 N–H and O–H groups in total. The van der Waals surface area contributed by atoms with Crippen LogP contribution < -0.4 is 0 Å². The lowest BCUT2D eigenvalue weighted by Crippen LogP contribution is -2.10. The Hall–Kier alpha value is -2.52. The number of benzene rings is 1. The van der Waals surface area contributed by atoms with Crippen LogP contribution >= 0.6 is 23.1 Å². The molecule has 29 heavy (non-hydrogen) atoms. The van der Waals surface area contributed by atoms with Crippen LogP contribution in [-0.2, 0) is 0 Å². The summed E-state index contributed by atoms with van der Waals surface area (Å²) >= 11 is 2.04. The second-order valence-electron chi connectivity index (χ2n) is 6.31. The molecule has 3 aromatic heterocycles. The van der Waals surface area contributed by atoms with Crippen LogP contribution in [0.5, 0.6) is 0 Å². The Balaban J connectivity index is 1.72. The van der Waals surface area contributed by atoms with Gasteiger partial charge < -0.3 is 0 Å². The zero-order chi connectivity index (χ0) is 20.6. The Morgan fingerprint density at radius 2 is 1.93 bits per heavy atom. The van der Waals surface area contributed by atoms with Crippen molar-refractivity contribution >= 4 is 33.4 Å². The van der Waals surface area contributed by atoms with Crippen LogP contribution in [0.4, 0.5) is 17.6 Å². The van der Waals surface area contributed by atoms with Crippen molar-refractivity contribution in [2.45, 2.75) is 18.0 Å². The van der Waals surface area contributed by atoms with Crippen LogP contribution in [0.1, 0.15) is 5.56 Å². The third kappa shape index (κ3) is 4.40. The average Bonchev–Trinajstić information content (AvgIpc) is 3.10. The van der Waals surface area contributed by atoms with Crippen LogP contribution in [-0.4, -0.2) is 26.9 Å². The van der Waals surface area contributed by atoms with Crippen molar-refractivity contribution in [1.82, 2.24) is 15.0 Å². The largest absolute Gasteiger partial charge is 0.398 e. The molecule has 4 aromatic rings. The molecule has 0 bridgehead atoms. The van der Waals surface area contributed by atoms with Gasteiger partial charge in [0.25, 0.3) is 0 Å². The fraction of sp³-hybridized carbons (Fsp3) is 0.150. The molecule has 1 aromatic carbocycles. The molecular weight excluding hydrogens is 422 g/mol. The number of thiazole rings is 1. The molecule has 0 fully saturated rings. The number of nitrogens with zero attached hydrogens (tertiary/aromatic N) is 3. The third-order valence-corrected chi connectivity index (χ3v) is 6.39. The first-order valence-electron chi connectivity index (χ1n) is 8.47. The highest BCUT2D eigenvalue weighted by molar-refractivity contribution is 7.99. The van der Waals surface area contributed by atoms with Gasteiger partial charge in [0, 0.05) is 40.2 Å². The van der Waals surface area contributed by atoms with Gasteiger partial charge in [0.1, 0.15) is 10.8 Å². The van der Waals surface area contributed by atoms with E-state index in [0.717, 1.165) is 15.3 Å². The van der Waals surface area contributed by atoms with Gasteiger partial charge in [-0.15, -0.1) is 23.1 Å². The van der Waals surface area contributed by atoms with Gasteiger partial charge in [0.05, 0.1) is 10.5 Å². The van der Waals surface area contributed by atoms with E-state index < -0.39 is 17.7 Å². The maximum Gasteiger partial charge on any atom is 0.398 e. The first-order valence-corrected chi connectivity index (χ1v) is 10.3. The highest BCUT2D eigenvalue weighted by atomic mass is 32.2. The van der Waals surface area contributed by atoms with E-state index in [1.807, 2.05) is 12.1 Å². The summed E-state index contributed by atoms with van der Waals surface area (Å²) in [5, 5.41) is 0.739. The molecule has 0 aliphatic heterocycles. The van der Waals surface area contributed by atoms with Gasteiger partial charge >= 0.3 is 6.18 Å². The van der Waals surface area contributed by atoms with Crippen LogP contribution in [0.15, 0.2) is 53.8 Å². The number of halogens is 4. The zero-order valence-corrected chi connectivity index (χ0v) is 16.6. The summed E-state index contributed by atoms with van der Waals surface area (Å²) in [4.78, 5) is 13.2. The minimum Gasteiger partial charge on any atom is -0.264 e. The molecule has 0 radical (unpaired) electrons. The number of fused-ring (bicyclic) bond motifs is 1. The van der Waals surface area contributed by atoms with E-state index in [2.05, 4.69) is 15.0 Å². The highest BCUT2D eigenvalue weighted by Gasteiger charge is 2.27. The number of aromatic nitrogens is 3. The molecule has 3 nitrogen and oxygen atoms in total. The smallest absolute Gasteiger partial charge is 0.264 e. The van der Waals surface area contributed by atoms with Crippen molar-refractivity contribution in [3.63, 3.8) is 0 Å². The quantitative estimate of drug-likeness (QED) is 0.270. The summed E-state index contributed by atoms with van der Waals surface area (Å²) in [6, 6.07) is 8.16. The molecule has 4 rings (SSSR count). The van der Waals surface area contributed by atoms with E-state index in [9.17, 15) is 17.6 Å². The normalized spacial score (nSPS) is 11.9. The van der Waals surface area contributed by atoms with E-state index in [0.29, 0.717) is 33.4 Å². The topological polar surface area (TPSA) is 38.7 Å². The summed E-state index contributed by atoms with van der Waals surface area (Å²) in [5.74, 6) is -1.53. The second-order valence-corrected chi connectivity index (χ2v) is 8.36. The van der Waals surface area contributed by atoms with E-state index >= 15 is 0 Å². The summed E-state index contributed by atoms with van der Waals surface area (Å²) in [5.41, 5.74) is 2.55. The lowest BCUT2D eigenvalue weighted by molar-refractivity contribution is -0.105. The number of hydrogen-bond acceptors (Lipinski definition) is 5. The molecule has 0 saturated carbocycles. The van der Waals surface area contributed by atoms with E-state index in [1.54, 1.807) is 25.4 Å². The maximum absolute atomic E-state index is 14.6. The van der Waals surface area contributed by atoms with Crippen molar-refractivity contribution in [2.24, 2.45) is 0 Å². The summed E-state index contributed by atoms with van der Waals surface area (Å²) in [6.45, 7) is 1.59. The number of thioether (sulfide) groups is 1. The molecule has 0 amide bonds. The first kappa shape index (κ1) is 19.8. The molecule has 0 spiro atoms. The second kappa shape index (κ2) is 7.72. The van der Waals surface area contributed by atoms with Crippen molar-refractivity contribution in [2.75, 3.05) is 5.75 Å².